The van der Waals surface area contributed by atoms with Crippen molar-refractivity contribution in [3.05, 3.63) is 95.6 Å². The van der Waals surface area contributed by atoms with Gasteiger partial charge in [0, 0.05) is 6.42 Å². The average Bonchev–Trinajstić information content (AvgIpc) is 3.04. The molecule has 3 rings (SSSR count). The largest absolute Gasteiger partial charge is 0.508 e. The van der Waals surface area contributed by atoms with Crippen molar-refractivity contribution in [1.29, 1.82) is 0 Å². The van der Waals surface area contributed by atoms with E-state index < -0.39 is 60.2 Å². The molecule has 0 saturated heterocycles. The molecule has 46 heavy (non-hydrogen) atoms. The second-order valence-corrected chi connectivity index (χ2v) is 10.7. The normalized spacial score (nSPS) is 13.3. The smallest absolute Gasteiger partial charge is 0.261 e. The van der Waals surface area contributed by atoms with E-state index in [0.717, 1.165) is 11.1 Å². The molecule has 0 fully saturated rings. The Morgan fingerprint density at radius 2 is 1.09 bits per heavy atom. The third-order valence-electron chi connectivity index (χ3n) is 6.88. The highest BCUT2D eigenvalue weighted by molar-refractivity contribution is 5.93. The summed E-state index contributed by atoms with van der Waals surface area (Å²) in [5, 5.41) is 26.3. The quantitative estimate of drug-likeness (QED) is 0.0992. The van der Waals surface area contributed by atoms with Crippen molar-refractivity contribution in [1.82, 2.24) is 26.8 Å². The Labute approximate surface area is 265 Å². The number of hydrogen-bond donors (Lipinski definition) is 9. The molecule has 3 aromatic carbocycles. The molecule has 0 bridgehead atoms. The van der Waals surface area contributed by atoms with Gasteiger partial charge in [-0.2, -0.15) is 0 Å². The van der Waals surface area contributed by atoms with Crippen molar-refractivity contribution in [3.63, 3.8) is 0 Å². The molecule has 0 unspecified atom stereocenters. The summed E-state index contributed by atoms with van der Waals surface area (Å²) in [5.74, 6) is -3.16. The van der Waals surface area contributed by atoms with Crippen LogP contribution in [0.25, 0.3) is 0 Å². The number of aromatic hydroxyl groups is 2. The zero-order valence-corrected chi connectivity index (χ0v) is 25.2. The monoisotopic (exact) mass is 633 g/mol. The minimum Gasteiger partial charge on any atom is -0.508 e. The first-order valence-corrected chi connectivity index (χ1v) is 14.5. The number of nitrogens with one attached hydrogen (secondary N) is 5. The van der Waals surface area contributed by atoms with Crippen LogP contribution in [0.4, 0.5) is 0 Å². The molecule has 4 atom stereocenters. The number of nitrogens with two attached hydrogens (primary N) is 2. The molecular formula is C32H39N7O7. The van der Waals surface area contributed by atoms with E-state index in [-0.39, 0.29) is 30.8 Å². The van der Waals surface area contributed by atoms with Gasteiger partial charge in [-0.05, 0) is 60.7 Å². The van der Waals surface area contributed by atoms with Crippen LogP contribution in [-0.2, 0) is 43.2 Å². The molecule has 0 aromatic heterocycles. The number of benzene rings is 3. The zero-order chi connectivity index (χ0) is 33.6. The summed E-state index contributed by atoms with van der Waals surface area (Å²) >= 11 is 0. The molecule has 0 saturated carbocycles. The Hall–Kier alpha value is -5.47. The summed E-state index contributed by atoms with van der Waals surface area (Å²) in [6, 6.07) is 17.1. The van der Waals surface area contributed by atoms with Crippen LogP contribution in [0.2, 0.25) is 0 Å². The van der Waals surface area contributed by atoms with E-state index in [2.05, 4.69) is 26.8 Å². The van der Waals surface area contributed by atoms with Crippen LogP contribution in [0.3, 0.4) is 0 Å². The van der Waals surface area contributed by atoms with E-state index in [4.69, 9.17) is 11.5 Å². The van der Waals surface area contributed by atoms with Crippen LogP contribution in [-0.4, -0.2) is 70.5 Å². The molecule has 0 heterocycles. The van der Waals surface area contributed by atoms with Gasteiger partial charge in [-0.15, -0.1) is 0 Å². The number of carbonyl (C=O) groups is 5. The first-order chi connectivity index (χ1) is 21.9. The third-order valence-corrected chi connectivity index (χ3v) is 6.88. The number of rotatable bonds is 14. The summed E-state index contributed by atoms with van der Waals surface area (Å²) in [4.78, 5) is 63.3. The summed E-state index contributed by atoms with van der Waals surface area (Å²) in [5.41, 5.74) is 18.6. The summed E-state index contributed by atoms with van der Waals surface area (Å²) < 4.78 is 0. The highest BCUT2D eigenvalue weighted by Crippen LogP contribution is 2.12. The Balaban J connectivity index is 1.50. The van der Waals surface area contributed by atoms with Crippen LogP contribution >= 0.6 is 0 Å². The second-order valence-electron chi connectivity index (χ2n) is 10.7. The molecular weight excluding hydrogens is 594 g/mol. The molecule has 5 amide bonds. The maximum absolute atomic E-state index is 13.0. The molecule has 0 aliphatic heterocycles. The highest BCUT2D eigenvalue weighted by Gasteiger charge is 2.25. The van der Waals surface area contributed by atoms with Crippen LogP contribution in [0.15, 0.2) is 78.9 Å². The van der Waals surface area contributed by atoms with Crippen molar-refractivity contribution in [3.8, 4) is 11.5 Å². The van der Waals surface area contributed by atoms with Gasteiger partial charge in [0.1, 0.15) is 23.6 Å². The van der Waals surface area contributed by atoms with Crippen molar-refractivity contribution < 1.29 is 34.2 Å². The molecule has 0 spiro atoms. The summed E-state index contributed by atoms with van der Waals surface area (Å²) in [6.07, 6.45) is 0.404. The van der Waals surface area contributed by atoms with Gasteiger partial charge in [0.15, 0.2) is 0 Å². The highest BCUT2D eigenvalue weighted by atomic mass is 16.3. The number of hydrogen-bond acceptors (Lipinski definition) is 9. The van der Waals surface area contributed by atoms with Gasteiger partial charge in [0.2, 0.25) is 17.7 Å². The fourth-order valence-corrected chi connectivity index (χ4v) is 4.27. The van der Waals surface area contributed by atoms with Crippen LogP contribution < -0.4 is 38.3 Å². The first-order valence-electron chi connectivity index (χ1n) is 14.5. The SMILES string of the molecule is C[C@@H](NC(=O)[C@@H](N)Cc1ccc(O)cc1)C(=O)NCC(=O)N[C@@H](Cc1ccccc1)C(=O)NNC(=O)[C@H](N)Cc1ccc(O)cc1. The summed E-state index contributed by atoms with van der Waals surface area (Å²) in [6.45, 7) is 0.931. The topological polar surface area (TPSA) is 238 Å². The lowest BCUT2D eigenvalue weighted by Crippen LogP contribution is -2.57. The molecule has 0 aliphatic carbocycles. The molecule has 244 valence electrons. The van der Waals surface area contributed by atoms with Crippen molar-refractivity contribution >= 4 is 29.5 Å². The van der Waals surface area contributed by atoms with Crippen molar-refractivity contribution in [2.45, 2.75) is 50.4 Å². The van der Waals surface area contributed by atoms with E-state index in [1.165, 1.54) is 31.2 Å². The Morgan fingerprint density at radius 3 is 1.63 bits per heavy atom. The number of phenolic OH excluding ortho intramolecular Hbond substituents is 2. The lowest BCUT2D eigenvalue weighted by molar-refractivity contribution is -0.133. The average molecular weight is 634 g/mol. The van der Waals surface area contributed by atoms with Gasteiger partial charge in [0.05, 0.1) is 18.6 Å². The fraction of sp³-hybridized carbons (Fsp3) is 0.281. The van der Waals surface area contributed by atoms with Gasteiger partial charge >= 0.3 is 0 Å². The molecule has 14 heteroatoms. The predicted molar refractivity (Wildman–Crippen MR) is 169 cm³/mol. The number of amides is 5. The van der Waals surface area contributed by atoms with E-state index in [9.17, 15) is 34.2 Å². The Morgan fingerprint density at radius 1 is 0.609 bits per heavy atom. The lowest BCUT2D eigenvalue weighted by Gasteiger charge is -2.21. The van der Waals surface area contributed by atoms with Crippen molar-refractivity contribution in [2.24, 2.45) is 11.5 Å². The van der Waals surface area contributed by atoms with Gasteiger partial charge < -0.3 is 37.6 Å². The summed E-state index contributed by atoms with van der Waals surface area (Å²) in [7, 11) is 0. The number of hydrazine groups is 1. The van der Waals surface area contributed by atoms with Gasteiger partial charge in [-0.1, -0.05) is 54.6 Å². The predicted octanol–water partition coefficient (Wildman–Crippen LogP) is -0.967. The number of phenols is 2. The van der Waals surface area contributed by atoms with Gasteiger partial charge in [0.25, 0.3) is 11.8 Å². The maximum Gasteiger partial charge on any atom is 0.261 e. The van der Waals surface area contributed by atoms with Crippen LogP contribution in [0.5, 0.6) is 11.5 Å². The fourth-order valence-electron chi connectivity index (χ4n) is 4.27. The maximum atomic E-state index is 13.0. The van der Waals surface area contributed by atoms with Gasteiger partial charge in [-0.3, -0.25) is 34.8 Å². The minimum absolute atomic E-state index is 0.0734. The Kier molecular flexibility index (Phi) is 13.0. The van der Waals surface area contributed by atoms with Gasteiger partial charge in [-0.25, -0.2) is 0 Å². The standard InChI is InChI=1S/C32H39N7O7/c1-19(36-30(44)25(33)15-21-7-11-23(40)12-8-21)29(43)35-18-28(42)37-27(17-20-5-3-2-4-6-20)32(46)39-38-31(45)26(34)16-22-9-13-24(41)14-10-22/h2-14,19,25-27,40-41H,15-18,33-34H2,1H3,(H,35,43)(H,36,44)(H,37,42)(H,38,45)(H,39,46)/t19-,25+,26-,27+/m1/s1. The first kappa shape index (κ1) is 35.0. The zero-order valence-electron chi connectivity index (χ0n) is 25.2. The molecule has 3 aromatic rings. The molecule has 0 aliphatic rings. The Bertz CT molecular complexity index is 1480. The second kappa shape index (κ2) is 17.1. The lowest BCUT2D eigenvalue weighted by atomic mass is 10.1. The van der Waals surface area contributed by atoms with E-state index in [1.54, 1.807) is 54.6 Å². The molecule has 11 N–H and O–H groups in total. The van der Waals surface area contributed by atoms with Crippen LogP contribution in [0.1, 0.15) is 23.6 Å². The van der Waals surface area contributed by atoms with Crippen LogP contribution in [0, 0.1) is 0 Å². The third kappa shape index (κ3) is 11.6. The van der Waals surface area contributed by atoms with E-state index in [1.807, 2.05) is 0 Å². The minimum atomic E-state index is -1.13. The van der Waals surface area contributed by atoms with E-state index >= 15 is 0 Å². The molecule has 14 nitrogen and oxygen atoms in total. The number of carbonyl (C=O) groups excluding carboxylic acids is 5. The van der Waals surface area contributed by atoms with Crippen molar-refractivity contribution in [2.75, 3.05) is 6.54 Å². The van der Waals surface area contributed by atoms with E-state index in [0.29, 0.717) is 5.56 Å². The molecule has 0 radical (unpaired) electrons.